The molecule has 120 valence electrons. The van der Waals surface area contributed by atoms with Gasteiger partial charge in [-0.05, 0) is 24.3 Å². The molecule has 2 aromatic carbocycles. The van der Waals surface area contributed by atoms with Crippen LogP contribution in [0.1, 0.15) is 15.9 Å². The minimum absolute atomic E-state index is 0.106. The van der Waals surface area contributed by atoms with E-state index in [0.29, 0.717) is 5.69 Å². The number of ether oxygens (including phenoxy) is 1. The van der Waals surface area contributed by atoms with Gasteiger partial charge in [-0.2, -0.15) is 13.2 Å². The number of rotatable bonds is 2. The predicted molar refractivity (Wildman–Crippen MR) is 79.9 cm³/mol. The first-order valence-corrected chi connectivity index (χ1v) is 7.28. The highest BCUT2D eigenvalue weighted by Gasteiger charge is 2.39. The molecule has 3 rings (SSSR count). The molecule has 1 heterocycles. The number of fused-ring (bicyclic) bond motifs is 1. The number of hydrogen-bond acceptors (Lipinski definition) is 3. The van der Waals surface area contributed by atoms with Gasteiger partial charge in [0.1, 0.15) is 0 Å². The van der Waals surface area contributed by atoms with Crippen LogP contribution in [-0.2, 0) is 10.9 Å². The van der Waals surface area contributed by atoms with Gasteiger partial charge >= 0.3 is 12.1 Å². The molecule has 0 saturated carbocycles. The zero-order valence-electron chi connectivity index (χ0n) is 11.7. The predicted octanol–water partition coefficient (Wildman–Crippen LogP) is 4.58. The van der Waals surface area contributed by atoms with E-state index in [4.69, 9.17) is 16.3 Å². The second-order valence-corrected chi connectivity index (χ2v) is 5.22. The van der Waals surface area contributed by atoms with Crippen LogP contribution < -0.4 is 4.90 Å². The number of cyclic esters (lactones) is 1. The third-order valence-corrected chi connectivity index (χ3v) is 3.78. The average molecular weight is 342 g/mol. The van der Waals surface area contributed by atoms with Crippen molar-refractivity contribution in [1.29, 1.82) is 0 Å². The highest BCUT2D eigenvalue weighted by molar-refractivity contribution is 6.18. The van der Waals surface area contributed by atoms with Crippen molar-refractivity contribution >= 4 is 28.9 Å². The van der Waals surface area contributed by atoms with Crippen LogP contribution in [0.3, 0.4) is 0 Å². The van der Waals surface area contributed by atoms with Crippen LogP contribution in [0.15, 0.2) is 48.5 Å². The van der Waals surface area contributed by atoms with Crippen molar-refractivity contribution in [2.75, 3.05) is 10.8 Å². The summed E-state index contributed by atoms with van der Waals surface area (Å²) in [5, 5.41) is 0. The van der Waals surface area contributed by atoms with E-state index in [-0.39, 0.29) is 17.1 Å². The van der Waals surface area contributed by atoms with Gasteiger partial charge in [-0.3, -0.25) is 0 Å². The lowest BCUT2D eigenvalue weighted by Crippen LogP contribution is -2.42. The van der Waals surface area contributed by atoms with Gasteiger partial charge in [-0.15, -0.1) is 11.6 Å². The summed E-state index contributed by atoms with van der Waals surface area (Å²) in [5.74, 6) is -0.765. The van der Waals surface area contributed by atoms with E-state index in [1.54, 1.807) is 18.2 Å². The topological polar surface area (TPSA) is 29.5 Å². The fraction of sp³-hybridized carbons (Fsp3) is 0.188. The summed E-state index contributed by atoms with van der Waals surface area (Å²) in [7, 11) is 0. The molecule has 0 aliphatic carbocycles. The SMILES string of the molecule is O=C1OC(CCl)N(c2ccccc2C(F)(F)F)c2ccccc21. The Bertz CT molecular complexity index is 748. The molecule has 0 bridgehead atoms. The fourth-order valence-corrected chi connectivity index (χ4v) is 2.76. The monoisotopic (exact) mass is 341 g/mol. The molecular formula is C16H11ClF3NO2. The molecule has 0 N–H and O–H groups in total. The summed E-state index contributed by atoms with van der Waals surface area (Å²) in [5.41, 5.74) is -0.384. The summed E-state index contributed by atoms with van der Waals surface area (Å²) < 4.78 is 45.1. The summed E-state index contributed by atoms with van der Waals surface area (Å²) in [6, 6.07) is 11.5. The number of anilines is 2. The largest absolute Gasteiger partial charge is 0.436 e. The number of benzene rings is 2. The Morgan fingerprint density at radius 3 is 2.30 bits per heavy atom. The molecule has 7 heteroatoms. The van der Waals surface area contributed by atoms with Gasteiger partial charge in [0.15, 0.2) is 6.23 Å². The van der Waals surface area contributed by atoms with Crippen LogP contribution >= 0.6 is 11.6 Å². The normalized spacial score (nSPS) is 17.7. The molecule has 0 saturated heterocycles. The zero-order chi connectivity index (χ0) is 16.6. The third kappa shape index (κ3) is 2.74. The van der Waals surface area contributed by atoms with Crippen molar-refractivity contribution in [2.24, 2.45) is 0 Å². The number of para-hydroxylation sites is 2. The Labute approximate surface area is 135 Å². The number of hydrogen-bond donors (Lipinski definition) is 0. The number of nitrogens with zero attached hydrogens (tertiary/aromatic N) is 1. The molecule has 23 heavy (non-hydrogen) atoms. The molecule has 0 spiro atoms. The molecule has 3 nitrogen and oxygen atoms in total. The summed E-state index contributed by atoms with van der Waals surface area (Å²) in [6.45, 7) is 0. The van der Waals surface area contributed by atoms with Crippen LogP contribution in [0, 0.1) is 0 Å². The van der Waals surface area contributed by atoms with E-state index in [1.807, 2.05) is 0 Å². The maximum absolute atomic E-state index is 13.3. The first-order chi connectivity index (χ1) is 10.9. The molecule has 1 aliphatic rings. The van der Waals surface area contributed by atoms with Crippen LogP contribution in [0.2, 0.25) is 0 Å². The van der Waals surface area contributed by atoms with Crippen molar-refractivity contribution in [3.63, 3.8) is 0 Å². The molecule has 0 fully saturated rings. The van der Waals surface area contributed by atoms with Gasteiger partial charge in [0, 0.05) is 0 Å². The van der Waals surface area contributed by atoms with E-state index in [2.05, 4.69) is 0 Å². The molecule has 1 unspecified atom stereocenters. The van der Waals surface area contributed by atoms with Crippen molar-refractivity contribution in [3.8, 4) is 0 Å². The Hall–Kier alpha value is -2.21. The Balaban J connectivity index is 2.22. The molecule has 0 aromatic heterocycles. The maximum atomic E-state index is 13.3. The van der Waals surface area contributed by atoms with Gasteiger partial charge in [0.2, 0.25) is 0 Å². The Morgan fingerprint density at radius 2 is 1.65 bits per heavy atom. The Kier molecular flexibility index (Phi) is 3.93. The van der Waals surface area contributed by atoms with E-state index in [0.717, 1.165) is 6.07 Å². The lowest BCUT2D eigenvalue weighted by molar-refractivity contribution is -0.137. The zero-order valence-corrected chi connectivity index (χ0v) is 12.4. The van der Waals surface area contributed by atoms with E-state index in [1.165, 1.54) is 29.2 Å². The lowest BCUT2D eigenvalue weighted by atomic mass is 10.1. The van der Waals surface area contributed by atoms with Gasteiger partial charge < -0.3 is 9.64 Å². The lowest BCUT2D eigenvalue weighted by Gasteiger charge is -2.37. The van der Waals surface area contributed by atoms with Gasteiger partial charge in [0.05, 0.1) is 28.4 Å². The highest BCUT2D eigenvalue weighted by Crippen LogP contribution is 2.42. The second kappa shape index (κ2) is 5.77. The van der Waals surface area contributed by atoms with Crippen LogP contribution in [-0.4, -0.2) is 18.1 Å². The van der Waals surface area contributed by atoms with Gasteiger partial charge in [0.25, 0.3) is 0 Å². The average Bonchev–Trinajstić information content (AvgIpc) is 2.54. The Morgan fingerprint density at radius 1 is 1.04 bits per heavy atom. The standard InChI is InChI=1S/C16H11ClF3NO2/c17-9-14-21(12-7-3-1-5-10(12)15(22)23-14)13-8-4-2-6-11(13)16(18,19)20/h1-8,14H,9H2. The number of alkyl halides is 4. The van der Waals surface area contributed by atoms with Crippen molar-refractivity contribution < 1.29 is 22.7 Å². The molecule has 1 atom stereocenters. The number of halogens is 4. The molecule has 0 radical (unpaired) electrons. The van der Waals surface area contributed by atoms with Gasteiger partial charge in [-0.1, -0.05) is 24.3 Å². The number of carbonyl (C=O) groups is 1. The van der Waals surface area contributed by atoms with Crippen molar-refractivity contribution in [2.45, 2.75) is 12.4 Å². The summed E-state index contributed by atoms with van der Waals surface area (Å²) in [6.07, 6.45) is -5.55. The van der Waals surface area contributed by atoms with E-state index < -0.39 is 23.9 Å². The molecule has 2 aromatic rings. The van der Waals surface area contributed by atoms with Gasteiger partial charge in [-0.25, -0.2) is 4.79 Å². The summed E-state index contributed by atoms with van der Waals surface area (Å²) in [4.78, 5) is 13.3. The minimum atomic E-state index is -4.54. The number of carbonyl (C=O) groups excluding carboxylic acids is 1. The summed E-state index contributed by atoms with van der Waals surface area (Å²) >= 11 is 5.82. The maximum Gasteiger partial charge on any atom is 0.418 e. The molecular weight excluding hydrogens is 331 g/mol. The number of esters is 1. The third-order valence-electron chi connectivity index (χ3n) is 3.52. The highest BCUT2D eigenvalue weighted by atomic mass is 35.5. The van der Waals surface area contributed by atoms with Crippen molar-refractivity contribution in [3.05, 3.63) is 59.7 Å². The smallest absolute Gasteiger partial charge is 0.418 e. The molecule has 0 amide bonds. The van der Waals surface area contributed by atoms with E-state index in [9.17, 15) is 18.0 Å². The minimum Gasteiger partial charge on any atom is -0.436 e. The van der Waals surface area contributed by atoms with Crippen molar-refractivity contribution in [1.82, 2.24) is 0 Å². The van der Waals surface area contributed by atoms with Crippen LogP contribution in [0.25, 0.3) is 0 Å². The first-order valence-electron chi connectivity index (χ1n) is 6.75. The van der Waals surface area contributed by atoms with E-state index >= 15 is 0 Å². The van der Waals surface area contributed by atoms with Crippen LogP contribution in [0.5, 0.6) is 0 Å². The first kappa shape index (κ1) is 15.7. The van der Waals surface area contributed by atoms with Crippen LogP contribution in [0.4, 0.5) is 24.5 Å². The fourth-order valence-electron chi connectivity index (χ4n) is 2.56. The quantitative estimate of drug-likeness (QED) is 0.591. The molecule has 1 aliphatic heterocycles. The second-order valence-electron chi connectivity index (χ2n) is 4.92.